The van der Waals surface area contributed by atoms with E-state index in [1.165, 1.54) is 12.8 Å². The summed E-state index contributed by atoms with van der Waals surface area (Å²) in [7, 11) is 0. The average Bonchev–Trinajstić information content (AvgIpc) is 3.05. The van der Waals surface area contributed by atoms with Gasteiger partial charge < -0.3 is 0 Å². The summed E-state index contributed by atoms with van der Waals surface area (Å²) in [6.45, 7) is 0. The molecular weight excluding hydrogens is 446 g/mol. The van der Waals surface area contributed by atoms with Crippen LogP contribution in [0.2, 0.25) is 0 Å². The molecule has 0 spiro atoms. The molecule has 0 N–H and O–H groups in total. The second kappa shape index (κ2) is 3.69. The molecule has 9 unspecified atom stereocenters. The van der Waals surface area contributed by atoms with Gasteiger partial charge in [0.15, 0.2) is 0 Å². The Hall–Kier alpha value is 1.20. The van der Waals surface area contributed by atoms with Crippen molar-refractivity contribution in [2.75, 3.05) is 0 Å². The number of hydrogen-bond acceptors (Lipinski definition) is 0. The number of rotatable bonds is 0. The lowest BCUT2D eigenvalue weighted by Gasteiger charge is -2.48. The molecule has 0 radical (unpaired) electrons. The van der Waals surface area contributed by atoms with E-state index >= 15 is 0 Å². The maximum atomic E-state index is 2.82. The van der Waals surface area contributed by atoms with E-state index in [2.05, 4.69) is 57.3 Å². The van der Waals surface area contributed by atoms with Crippen molar-refractivity contribution in [1.82, 2.24) is 0 Å². The molecule has 98 valence electrons. The monoisotopic (exact) mass is 466 g/mol. The van der Waals surface area contributed by atoms with E-state index in [4.69, 9.17) is 0 Å². The molecule has 0 aromatic carbocycles. The van der Waals surface area contributed by atoms with Gasteiger partial charge in [0.25, 0.3) is 0 Å². The average molecular weight is 466 g/mol. The third kappa shape index (κ3) is 1.21. The topological polar surface area (TPSA) is 0 Å². The Bertz CT molecular complexity index is 431. The number of allylic oxidation sites excluding steroid dienone is 2. The van der Waals surface area contributed by atoms with Crippen molar-refractivity contribution in [2.45, 2.75) is 40.0 Å². The molecule has 5 aliphatic rings. The maximum absolute atomic E-state index is 2.82. The van der Waals surface area contributed by atoms with Crippen LogP contribution in [0.15, 0.2) is 12.2 Å². The van der Waals surface area contributed by atoms with Crippen molar-refractivity contribution in [3.05, 3.63) is 12.2 Å². The van der Waals surface area contributed by atoms with Crippen molar-refractivity contribution in [2.24, 2.45) is 40.9 Å². The van der Waals surface area contributed by atoms with Crippen LogP contribution in [0.5, 0.6) is 0 Å². The summed E-state index contributed by atoms with van der Waals surface area (Å²) in [6, 6.07) is 0. The van der Waals surface area contributed by atoms with Gasteiger partial charge in [0.05, 0.1) is 0 Å². The molecule has 0 aliphatic heterocycles. The van der Waals surface area contributed by atoms with Crippen LogP contribution in [-0.2, 0) is 0 Å². The Balaban J connectivity index is 1.62. The molecule has 5 rings (SSSR count). The van der Waals surface area contributed by atoms with Crippen LogP contribution in [0.3, 0.4) is 0 Å². The van der Waals surface area contributed by atoms with E-state index in [0.29, 0.717) is 0 Å². The zero-order valence-corrected chi connectivity index (χ0v) is 14.9. The Morgan fingerprint density at radius 3 is 2.72 bits per heavy atom. The highest BCUT2D eigenvalue weighted by Gasteiger charge is 2.68. The van der Waals surface area contributed by atoms with E-state index < -0.39 is 0 Å². The van der Waals surface area contributed by atoms with E-state index in [1.807, 2.05) is 0 Å². The van der Waals surface area contributed by atoms with Crippen molar-refractivity contribution in [3.8, 4) is 0 Å². The standard InChI is InChI=1S/C16H20I2/c17-12-6-13(18)16-4-3-10(15(12)16)14-9-2-1-8(5-9)11(14)7-16/h1-2,8-15H,3-7H2. The zero-order chi connectivity index (χ0) is 12.1. The van der Waals surface area contributed by atoms with Gasteiger partial charge in [0, 0.05) is 7.85 Å². The minimum absolute atomic E-state index is 0.774. The Morgan fingerprint density at radius 2 is 1.83 bits per heavy atom. The maximum Gasteiger partial charge on any atom is 0.0179 e. The quantitative estimate of drug-likeness (QED) is 0.272. The first-order valence-corrected chi connectivity index (χ1v) is 10.2. The third-order valence-corrected chi connectivity index (χ3v) is 10.3. The Morgan fingerprint density at radius 1 is 1.00 bits per heavy atom. The van der Waals surface area contributed by atoms with Crippen molar-refractivity contribution in [1.29, 1.82) is 0 Å². The Labute approximate surface area is 137 Å². The molecule has 0 aromatic rings. The van der Waals surface area contributed by atoms with Crippen LogP contribution in [0.25, 0.3) is 0 Å². The molecule has 4 bridgehead atoms. The van der Waals surface area contributed by atoms with Crippen molar-refractivity contribution >= 4 is 45.2 Å². The SMILES string of the molecule is IC1CC(I)C23CCC(C4C5C=CC(C5)C4C2)C13. The number of alkyl halides is 2. The normalized spacial score (nSPS) is 67.4. The molecule has 4 fully saturated rings. The van der Waals surface area contributed by atoms with E-state index in [9.17, 15) is 0 Å². The number of hydrogen-bond donors (Lipinski definition) is 0. The minimum Gasteiger partial charge on any atom is -0.0848 e. The molecule has 9 atom stereocenters. The summed E-state index contributed by atoms with van der Waals surface area (Å²) in [4.78, 5) is 0. The minimum atomic E-state index is 0.774. The van der Waals surface area contributed by atoms with Gasteiger partial charge in [-0.2, -0.15) is 0 Å². The lowest BCUT2D eigenvalue weighted by molar-refractivity contribution is 0.0411. The summed E-state index contributed by atoms with van der Waals surface area (Å²) in [6.07, 6.45) is 12.9. The lowest BCUT2D eigenvalue weighted by atomic mass is 9.58. The molecule has 0 amide bonds. The van der Waals surface area contributed by atoms with Gasteiger partial charge in [-0.3, -0.25) is 0 Å². The largest absolute Gasteiger partial charge is 0.0848 e. The zero-order valence-electron chi connectivity index (χ0n) is 10.6. The fourth-order valence-corrected chi connectivity index (χ4v) is 11.2. The molecule has 5 aliphatic carbocycles. The molecular formula is C16H20I2. The predicted molar refractivity (Wildman–Crippen MR) is 91.2 cm³/mol. The highest BCUT2D eigenvalue weighted by Crippen LogP contribution is 2.73. The number of fused-ring (bicyclic) bond motifs is 6. The van der Waals surface area contributed by atoms with Crippen LogP contribution in [-0.4, -0.2) is 7.85 Å². The first-order chi connectivity index (χ1) is 8.71. The van der Waals surface area contributed by atoms with Gasteiger partial charge in [0.2, 0.25) is 0 Å². The fraction of sp³-hybridized carbons (Fsp3) is 0.875. The van der Waals surface area contributed by atoms with Gasteiger partial charge in [-0.15, -0.1) is 0 Å². The second-order valence-electron chi connectivity index (χ2n) is 7.57. The summed E-state index contributed by atoms with van der Waals surface area (Å²) < 4.78 is 1.97. The second-order valence-corrected chi connectivity index (χ2v) is 10.7. The summed E-state index contributed by atoms with van der Waals surface area (Å²) in [5.74, 6) is 6.34. The van der Waals surface area contributed by atoms with Crippen molar-refractivity contribution in [3.63, 3.8) is 0 Å². The van der Waals surface area contributed by atoms with E-state index in [-0.39, 0.29) is 0 Å². The molecule has 0 aromatic heterocycles. The predicted octanol–water partition coefficient (Wildman–Crippen LogP) is 4.85. The summed E-state index contributed by atoms with van der Waals surface area (Å²) >= 11 is 5.63. The van der Waals surface area contributed by atoms with Crippen LogP contribution >= 0.6 is 45.2 Å². The first kappa shape index (κ1) is 11.8. The third-order valence-electron chi connectivity index (χ3n) is 7.31. The summed E-state index contributed by atoms with van der Waals surface area (Å²) in [5, 5.41) is 0. The van der Waals surface area contributed by atoms with Crippen LogP contribution in [0.4, 0.5) is 0 Å². The molecule has 0 saturated heterocycles. The highest BCUT2D eigenvalue weighted by molar-refractivity contribution is 14.1. The molecule has 0 heterocycles. The first-order valence-electron chi connectivity index (χ1n) is 7.67. The van der Waals surface area contributed by atoms with Crippen LogP contribution < -0.4 is 0 Å². The Kier molecular flexibility index (Phi) is 2.42. The fourth-order valence-electron chi connectivity index (χ4n) is 6.90. The van der Waals surface area contributed by atoms with Gasteiger partial charge in [0.1, 0.15) is 0 Å². The highest BCUT2D eigenvalue weighted by atomic mass is 127. The number of halogens is 2. The molecule has 2 heteroatoms. The smallest absolute Gasteiger partial charge is 0.0179 e. The van der Waals surface area contributed by atoms with E-state index in [0.717, 1.165) is 48.8 Å². The van der Waals surface area contributed by atoms with Crippen molar-refractivity contribution < 1.29 is 0 Å². The summed E-state index contributed by atoms with van der Waals surface area (Å²) in [5.41, 5.74) is 0.774. The van der Waals surface area contributed by atoms with E-state index in [1.54, 1.807) is 19.3 Å². The van der Waals surface area contributed by atoms with Crippen LogP contribution in [0.1, 0.15) is 32.1 Å². The van der Waals surface area contributed by atoms with Gasteiger partial charge in [-0.25, -0.2) is 0 Å². The van der Waals surface area contributed by atoms with Crippen LogP contribution in [0, 0.1) is 40.9 Å². The molecule has 4 saturated carbocycles. The molecule has 0 nitrogen and oxygen atoms in total. The molecule has 18 heavy (non-hydrogen) atoms. The van der Waals surface area contributed by atoms with Gasteiger partial charge in [-0.05, 0) is 73.0 Å². The van der Waals surface area contributed by atoms with Gasteiger partial charge >= 0.3 is 0 Å². The lowest BCUT2D eigenvalue weighted by Crippen LogP contribution is -2.44. The van der Waals surface area contributed by atoms with Gasteiger partial charge in [-0.1, -0.05) is 57.3 Å².